The molecule has 202 valence electrons. The Hall–Kier alpha value is -2.97. The number of likely N-dealkylation sites (tertiary alicyclic amines) is 1. The Bertz CT molecular complexity index is 987. The van der Waals surface area contributed by atoms with Crippen LogP contribution in [-0.2, 0) is 20.8 Å². The lowest BCUT2D eigenvalue weighted by Gasteiger charge is -2.50. The molecule has 9 nitrogen and oxygen atoms in total. The van der Waals surface area contributed by atoms with E-state index in [1.54, 1.807) is 4.90 Å². The van der Waals surface area contributed by atoms with Gasteiger partial charge in [-0.15, -0.1) is 0 Å². The number of ether oxygens (including phenoxy) is 3. The number of carbonyl (C=O) groups is 3. The number of nitrogens with zero attached hydrogens (tertiary/aromatic N) is 3. The second kappa shape index (κ2) is 10.1. The molecule has 4 saturated heterocycles. The fourth-order valence-corrected chi connectivity index (χ4v) is 6.41. The van der Waals surface area contributed by atoms with Gasteiger partial charge >= 0.3 is 18.3 Å². The van der Waals surface area contributed by atoms with Crippen molar-refractivity contribution in [1.29, 1.82) is 0 Å². The Labute approximate surface area is 219 Å². The van der Waals surface area contributed by atoms with E-state index in [1.807, 2.05) is 60.9 Å². The maximum absolute atomic E-state index is 13.2. The molecule has 0 aromatic heterocycles. The molecule has 5 rings (SSSR count). The molecule has 0 aliphatic carbocycles. The van der Waals surface area contributed by atoms with E-state index in [-0.39, 0.29) is 43.0 Å². The number of fused-ring (bicyclic) bond motifs is 2. The van der Waals surface area contributed by atoms with Crippen LogP contribution in [0.15, 0.2) is 30.3 Å². The summed E-state index contributed by atoms with van der Waals surface area (Å²) in [6.45, 7) is 7.63. The molecule has 0 N–H and O–H groups in total. The van der Waals surface area contributed by atoms with E-state index in [0.717, 1.165) is 24.8 Å². The van der Waals surface area contributed by atoms with E-state index in [2.05, 4.69) is 0 Å². The van der Waals surface area contributed by atoms with Crippen LogP contribution in [0.1, 0.15) is 71.3 Å². The molecule has 4 fully saturated rings. The third-order valence-corrected chi connectivity index (χ3v) is 8.15. The Morgan fingerprint density at radius 2 is 1.59 bits per heavy atom. The average Bonchev–Trinajstić information content (AvgIpc) is 3.14. The quantitative estimate of drug-likeness (QED) is 0.533. The van der Waals surface area contributed by atoms with Crippen molar-refractivity contribution in [1.82, 2.24) is 14.7 Å². The zero-order chi connectivity index (χ0) is 26.2. The fraction of sp³-hybridized carbons (Fsp3) is 0.679. The molecule has 0 radical (unpaired) electrons. The summed E-state index contributed by atoms with van der Waals surface area (Å²) >= 11 is 0. The Morgan fingerprint density at radius 1 is 0.946 bits per heavy atom. The Kier molecular flexibility index (Phi) is 6.98. The first kappa shape index (κ1) is 25.7. The zero-order valence-corrected chi connectivity index (χ0v) is 22.2. The van der Waals surface area contributed by atoms with Gasteiger partial charge in [0.15, 0.2) is 0 Å². The van der Waals surface area contributed by atoms with Crippen LogP contribution in [0.3, 0.4) is 0 Å². The van der Waals surface area contributed by atoms with E-state index in [1.165, 1.54) is 0 Å². The summed E-state index contributed by atoms with van der Waals surface area (Å²) in [4.78, 5) is 43.9. The maximum Gasteiger partial charge on any atom is 0.410 e. The van der Waals surface area contributed by atoms with E-state index < -0.39 is 11.2 Å². The largest absolute Gasteiger partial charge is 0.445 e. The molecule has 3 amide bonds. The summed E-state index contributed by atoms with van der Waals surface area (Å²) in [6.07, 6.45) is 4.53. The number of piperidine rings is 2. The van der Waals surface area contributed by atoms with E-state index >= 15 is 0 Å². The molecule has 3 atom stereocenters. The van der Waals surface area contributed by atoms with Crippen molar-refractivity contribution < 1.29 is 28.6 Å². The van der Waals surface area contributed by atoms with Gasteiger partial charge in [0.2, 0.25) is 0 Å². The van der Waals surface area contributed by atoms with Crippen LogP contribution in [0.4, 0.5) is 14.4 Å². The minimum Gasteiger partial charge on any atom is -0.445 e. The third-order valence-electron chi connectivity index (χ3n) is 8.15. The van der Waals surface area contributed by atoms with E-state index in [9.17, 15) is 14.4 Å². The van der Waals surface area contributed by atoms with Crippen LogP contribution in [-0.4, -0.2) is 81.9 Å². The van der Waals surface area contributed by atoms with Gasteiger partial charge in [0.1, 0.15) is 17.8 Å². The number of benzene rings is 1. The van der Waals surface area contributed by atoms with Gasteiger partial charge < -0.3 is 28.9 Å². The minimum atomic E-state index is -0.521. The van der Waals surface area contributed by atoms with Gasteiger partial charge in [-0.2, -0.15) is 0 Å². The number of rotatable bonds is 3. The standard InChI is InChI=1S/C28H39N3O6/c1-27(2,3)36-24(32)29-14-11-21(12-15-29)30-16-13-28(37-25(30)33)17-22-9-10-23(18-28)31(22)26(34)35-19-20-7-5-4-6-8-20/h4-8,21-23H,9-19H2,1-3H3/t22-,23+,28?. The third kappa shape index (κ3) is 5.65. The summed E-state index contributed by atoms with van der Waals surface area (Å²) < 4.78 is 17.3. The van der Waals surface area contributed by atoms with Crippen molar-refractivity contribution in [3.63, 3.8) is 0 Å². The highest BCUT2D eigenvalue weighted by atomic mass is 16.6. The highest BCUT2D eigenvalue weighted by Gasteiger charge is 2.54. The molecule has 0 saturated carbocycles. The van der Waals surface area contributed by atoms with Crippen LogP contribution in [0.2, 0.25) is 0 Å². The smallest absolute Gasteiger partial charge is 0.410 e. The molecule has 4 heterocycles. The van der Waals surface area contributed by atoms with E-state index in [0.29, 0.717) is 45.3 Å². The molecule has 1 unspecified atom stereocenters. The lowest BCUT2D eigenvalue weighted by atomic mass is 9.82. The van der Waals surface area contributed by atoms with E-state index in [4.69, 9.17) is 14.2 Å². The van der Waals surface area contributed by atoms with Crippen LogP contribution >= 0.6 is 0 Å². The SMILES string of the molecule is CC(C)(C)OC(=O)N1CCC(N2CCC3(C[C@H]4CC[C@@H](C3)N4C(=O)OCc3ccccc3)OC2=O)CC1. The lowest BCUT2D eigenvalue weighted by molar-refractivity contribution is -0.103. The normalized spacial score (nSPS) is 28.3. The van der Waals surface area contributed by atoms with Gasteiger partial charge in [0.25, 0.3) is 0 Å². The van der Waals surface area contributed by atoms with Crippen LogP contribution in [0.5, 0.6) is 0 Å². The summed E-state index contributed by atoms with van der Waals surface area (Å²) in [5, 5.41) is 0. The van der Waals surface area contributed by atoms with Crippen molar-refractivity contribution >= 4 is 18.3 Å². The monoisotopic (exact) mass is 513 g/mol. The molecule has 4 aliphatic rings. The van der Waals surface area contributed by atoms with Crippen molar-refractivity contribution in [3.05, 3.63) is 35.9 Å². The first-order chi connectivity index (χ1) is 17.6. The molecule has 1 aromatic rings. The maximum atomic E-state index is 13.2. The summed E-state index contributed by atoms with van der Waals surface area (Å²) in [5.74, 6) is 0. The van der Waals surface area contributed by atoms with Crippen molar-refractivity contribution in [2.45, 2.75) is 102 Å². The average molecular weight is 514 g/mol. The minimum absolute atomic E-state index is 0.0402. The highest BCUT2D eigenvalue weighted by molar-refractivity contribution is 5.71. The molecular weight excluding hydrogens is 474 g/mol. The summed E-state index contributed by atoms with van der Waals surface area (Å²) in [7, 11) is 0. The molecule has 37 heavy (non-hydrogen) atoms. The fourth-order valence-electron chi connectivity index (χ4n) is 6.41. The predicted octanol–water partition coefficient (Wildman–Crippen LogP) is 4.93. The molecular formula is C28H39N3O6. The lowest BCUT2D eigenvalue weighted by Crippen LogP contribution is -2.61. The van der Waals surface area contributed by atoms with Crippen LogP contribution in [0, 0.1) is 0 Å². The number of amides is 3. The second-order valence-corrected chi connectivity index (χ2v) is 11.9. The Balaban J connectivity index is 1.13. The first-order valence-corrected chi connectivity index (χ1v) is 13.6. The Morgan fingerprint density at radius 3 is 2.19 bits per heavy atom. The summed E-state index contributed by atoms with van der Waals surface area (Å²) in [6, 6.07) is 9.84. The summed E-state index contributed by atoms with van der Waals surface area (Å²) in [5.41, 5.74) is -0.0609. The van der Waals surface area contributed by atoms with Crippen molar-refractivity contribution in [3.8, 4) is 0 Å². The molecule has 1 aromatic carbocycles. The number of carbonyl (C=O) groups excluding carboxylic acids is 3. The van der Waals surface area contributed by atoms with Crippen LogP contribution < -0.4 is 0 Å². The van der Waals surface area contributed by atoms with Crippen molar-refractivity contribution in [2.24, 2.45) is 0 Å². The zero-order valence-electron chi connectivity index (χ0n) is 22.2. The molecule has 2 bridgehead atoms. The molecule has 9 heteroatoms. The predicted molar refractivity (Wildman–Crippen MR) is 136 cm³/mol. The van der Waals surface area contributed by atoms with Gasteiger partial charge in [-0.3, -0.25) is 0 Å². The van der Waals surface area contributed by atoms with Crippen LogP contribution in [0.25, 0.3) is 0 Å². The van der Waals surface area contributed by atoms with Gasteiger partial charge in [-0.05, 0) is 52.0 Å². The van der Waals surface area contributed by atoms with Gasteiger partial charge in [-0.25, -0.2) is 14.4 Å². The van der Waals surface area contributed by atoms with Crippen molar-refractivity contribution in [2.75, 3.05) is 19.6 Å². The molecule has 4 aliphatic heterocycles. The molecule has 1 spiro atoms. The van der Waals surface area contributed by atoms with Gasteiger partial charge in [-0.1, -0.05) is 30.3 Å². The highest BCUT2D eigenvalue weighted by Crippen LogP contribution is 2.46. The first-order valence-electron chi connectivity index (χ1n) is 13.6. The van der Waals surface area contributed by atoms with Gasteiger partial charge in [0.05, 0.1) is 0 Å². The van der Waals surface area contributed by atoms with Gasteiger partial charge in [0, 0.05) is 57.0 Å². The topological polar surface area (TPSA) is 88.6 Å². The second-order valence-electron chi connectivity index (χ2n) is 11.9. The number of hydrogen-bond acceptors (Lipinski definition) is 6. The number of hydrogen-bond donors (Lipinski definition) is 0.